The quantitative estimate of drug-likeness (QED) is 0.895. The fourth-order valence-corrected chi connectivity index (χ4v) is 2.44. The van der Waals surface area contributed by atoms with Gasteiger partial charge in [-0.3, -0.25) is 4.79 Å². The second-order valence-electron chi connectivity index (χ2n) is 5.87. The normalized spacial score (nSPS) is 12.2. The van der Waals surface area contributed by atoms with Crippen LogP contribution in [0, 0.1) is 19.8 Å². The Labute approximate surface area is 127 Å². The number of amides is 1. The van der Waals surface area contributed by atoms with Crippen LogP contribution >= 0.6 is 0 Å². The van der Waals surface area contributed by atoms with Gasteiger partial charge in [0.2, 0.25) is 5.91 Å². The van der Waals surface area contributed by atoms with Gasteiger partial charge in [0.25, 0.3) is 0 Å². The van der Waals surface area contributed by atoms with Crippen LogP contribution in [-0.2, 0) is 4.79 Å². The van der Waals surface area contributed by atoms with E-state index in [0.29, 0.717) is 0 Å². The van der Waals surface area contributed by atoms with Crippen molar-refractivity contribution in [3.8, 4) is 0 Å². The molecule has 0 spiro atoms. The molecule has 1 amide bonds. The third kappa shape index (κ3) is 3.72. The summed E-state index contributed by atoms with van der Waals surface area (Å²) < 4.78 is 0. The van der Waals surface area contributed by atoms with Crippen molar-refractivity contribution in [1.82, 2.24) is 5.32 Å². The number of nitrogens with one attached hydrogen (secondary N) is 1. The fourth-order valence-electron chi connectivity index (χ4n) is 2.44. The Hall–Kier alpha value is -2.09. The molecule has 1 unspecified atom stereocenters. The molecule has 2 heteroatoms. The van der Waals surface area contributed by atoms with Gasteiger partial charge in [-0.25, -0.2) is 0 Å². The molecule has 2 aromatic rings. The number of aryl methyl sites for hydroxylation is 2. The van der Waals surface area contributed by atoms with Gasteiger partial charge in [0.05, 0.1) is 6.04 Å². The van der Waals surface area contributed by atoms with Gasteiger partial charge in [-0.1, -0.05) is 67.9 Å². The molecular formula is C19H23NO. The monoisotopic (exact) mass is 281 g/mol. The lowest BCUT2D eigenvalue weighted by Crippen LogP contribution is -2.32. The minimum Gasteiger partial charge on any atom is -0.345 e. The predicted octanol–water partition coefficient (Wildman–Crippen LogP) is 4.17. The summed E-state index contributed by atoms with van der Waals surface area (Å²) >= 11 is 0. The number of carbonyl (C=O) groups excluding carboxylic acids is 1. The molecule has 0 saturated heterocycles. The zero-order valence-electron chi connectivity index (χ0n) is 13.2. The Morgan fingerprint density at radius 3 is 2.24 bits per heavy atom. The van der Waals surface area contributed by atoms with Crippen molar-refractivity contribution in [2.45, 2.75) is 33.7 Å². The molecule has 2 rings (SSSR count). The molecule has 0 radical (unpaired) electrons. The lowest BCUT2D eigenvalue weighted by atomic mass is 9.93. The molecule has 2 nitrogen and oxygen atoms in total. The Kier molecular flexibility index (Phi) is 4.79. The Morgan fingerprint density at radius 2 is 1.67 bits per heavy atom. The van der Waals surface area contributed by atoms with E-state index in [9.17, 15) is 4.79 Å². The zero-order chi connectivity index (χ0) is 15.4. The highest BCUT2D eigenvalue weighted by Gasteiger charge is 2.19. The highest BCUT2D eigenvalue weighted by atomic mass is 16.1. The van der Waals surface area contributed by atoms with Crippen LogP contribution in [0.4, 0.5) is 0 Å². The largest absolute Gasteiger partial charge is 0.345 e. The van der Waals surface area contributed by atoms with E-state index < -0.39 is 0 Å². The van der Waals surface area contributed by atoms with Crippen LogP contribution in [-0.4, -0.2) is 5.91 Å². The molecule has 0 fully saturated rings. The minimum atomic E-state index is -0.0956. The van der Waals surface area contributed by atoms with E-state index in [-0.39, 0.29) is 17.9 Å². The maximum atomic E-state index is 12.2. The van der Waals surface area contributed by atoms with E-state index in [1.807, 2.05) is 32.0 Å². The van der Waals surface area contributed by atoms with Gasteiger partial charge in [-0.15, -0.1) is 0 Å². The summed E-state index contributed by atoms with van der Waals surface area (Å²) in [4.78, 5) is 12.2. The predicted molar refractivity (Wildman–Crippen MR) is 87.2 cm³/mol. The Bertz CT molecular complexity index is 617. The molecule has 1 atom stereocenters. The highest BCUT2D eigenvalue weighted by molar-refractivity contribution is 5.79. The van der Waals surface area contributed by atoms with Crippen molar-refractivity contribution in [2.24, 2.45) is 5.92 Å². The first-order valence-electron chi connectivity index (χ1n) is 7.41. The molecule has 0 aliphatic heterocycles. The smallest absolute Gasteiger partial charge is 0.223 e. The van der Waals surface area contributed by atoms with Crippen molar-refractivity contribution < 1.29 is 4.79 Å². The third-order valence-corrected chi connectivity index (χ3v) is 3.68. The Balaban J connectivity index is 2.43. The first-order valence-corrected chi connectivity index (χ1v) is 7.41. The fraction of sp³-hybridized carbons (Fsp3) is 0.316. The average molecular weight is 281 g/mol. The van der Waals surface area contributed by atoms with Crippen LogP contribution in [0.1, 0.15) is 42.1 Å². The van der Waals surface area contributed by atoms with Gasteiger partial charge in [0.15, 0.2) is 0 Å². The molecular weight excluding hydrogens is 258 g/mol. The number of carbonyl (C=O) groups is 1. The van der Waals surface area contributed by atoms with Crippen LogP contribution in [0.5, 0.6) is 0 Å². The molecule has 1 N–H and O–H groups in total. The summed E-state index contributed by atoms with van der Waals surface area (Å²) in [5, 5.41) is 3.17. The standard InChI is InChI=1S/C19H23NO/c1-13(2)19(21)20-18(16-8-6-5-7-9-16)17-11-10-14(3)12-15(17)4/h5-13,18H,1-4H3,(H,20,21). The van der Waals surface area contributed by atoms with Crippen molar-refractivity contribution in [3.05, 3.63) is 70.8 Å². The van der Waals surface area contributed by atoms with Gasteiger partial charge in [-0.2, -0.15) is 0 Å². The van der Waals surface area contributed by atoms with Crippen LogP contribution in [0.2, 0.25) is 0 Å². The summed E-state index contributed by atoms with van der Waals surface area (Å²) in [6.45, 7) is 8.01. The molecule has 0 bridgehead atoms. The van der Waals surface area contributed by atoms with Crippen molar-refractivity contribution >= 4 is 5.91 Å². The van der Waals surface area contributed by atoms with E-state index in [2.05, 4.69) is 49.5 Å². The van der Waals surface area contributed by atoms with E-state index in [1.54, 1.807) is 0 Å². The van der Waals surface area contributed by atoms with E-state index >= 15 is 0 Å². The summed E-state index contributed by atoms with van der Waals surface area (Å²) in [5.41, 5.74) is 4.70. The van der Waals surface area contributed by atoms with E-state index in [4.69, 9.17) is 0 Å². The number of hydrogen-bond acceptors (Lipinski definition) is 1. The molecule has 0 saturated carbocycles. The SMILES string of the molecule is Cc1ccc(C(NC(=O)C(C)C)c2ccccc2)c(C)c1. The van der Waals surface area contributed by atoms with Gasteiger partial charge >= 0.3 is 0 Å². The topological polar surface area (TPSA) is 29.1 Å². The van der Waals surface area contributed by atoms with Crippen LogP contribution in [0.3, 0.4) is 0 Å². The minimum absolute atomic E-state index is 0.0260. The van der Waals surface area contributed by atoms with E-state index in [0.717, 1.165) is 11.1 Å². The number of benzene rings is 2. The average Bonchev–Trinajstić information content (AvgIpc) is 2.46. The maximum Gasteiger partial charge on any atom is 0.223 e. The summed E-state index contributed by atoms with van der Waals surface area (Å²) in [7, 11) is 0. The number of rotatable bonds is 4. The van der Waals surface area contributed by atoms with Gasteiger partial charge in [0.1, 0.15) is 0 Å². The first-order chi connectivity index (χ1) is 9.99. The summed E-state index contributed by atoms with van der Waals surface area (Å²) in [6, 6.07) is 16.4. The third-order valence-electron chi connectivity index (χ3n) is 3.68. The second-order valence-corrected chi connectivity index (χ2v) is 5.87. The molecule has 0 aliphatic carbocycles. The van der Waals surface area contributed by atoms with Crippen molar-refractivity contribution in [3.63, 3.8) is 0 Å². The van der Waals surface area contributed by atoms with Gasteiger partial charge < -0.3 is 5.32 Å². The van der Waals surface area contributed by atoms with Crippen LogP contribution in [0.25, 0.3) is 0 Å². The second kappa shape index (κ2) is 6.57. The summed E-state index contributed by atoms with van der Waals surface area (Å²) in [6.07, 6.45) is 0. The van der Waals surface area contributed by atoms with Gasteiger partial charge in [0, 0.05) is 5.92 Å². The van der Waals surface area contributed by atoms with Crippen LogP contribution < -0.4 is 5.32 Å². The zero-order valence-corrected chi connectivity index (χ0v) is 13.2. The van der Waals surface area contributed by atoms with Crippen molar-refractivity contribution in [1.29, 1.82) is 0 Å². The molecule has 21 heavy (non-hydrogen) atoms. The molecule has 0 aromatic heterocycles. The highest BCUT2D eigenvalue weighted by Crippen LogP contribution is 2.26. The number of hydrogen-bond donors (Lipinski definition) is 1. The summed E-state index contributed by atoms with van der Waals surface area (Å²) in [5.74, 6) is 0.0470. The first kappa shape index (κ1) is 15.3. The Morgan fingerprint density at radius 1 is 1.00 bits per heavy atom. The van der Waals surface area contributed by atoms with Gasteiger partial charge in [-0.05, 0) is 30.5 Å². The molecule has 2 aromatic carbocycles. The maximum absolute atomic E-state index is 12.2. The van der Waals surface area contributed by atoms with E-state index in [1.165, 1.54) is 11.1 Å². The van der Waals surface area contributed by atoms with Crippen LogP contribution in [0.15, 0.2) is 48.5 Å². The van der Waals surface area contributed by atoms with Crippen molar-refractivity contribution in [2.75, 3.05) is 0 Å². The lowest BCUT2D eigenvalue weighted by molar-refractivity contribution is -0.124. The molecule has 110 valence electrons. The molecule has 0 heterocycles. The molecule has 0 aliphatic rings. The lowest BCUT2D eigenvalue weighted by Gasteiger charge is -2.23.